The number of benzene rings is 2. The third-order valence-electron chi connectivity index (χ3n) is 5.72. The molecule has 0 saturated carbocycles. The van der Waals surface area contributed by atoms with Gasteiger partial charge in [0, 0.05) is 6.92 Å². The number of primary amides is 1. The fraction of sp³-hybridized carbons (Fsp3) is 0.393. The molecule has 13 nitrogen and oxygen atoms in total. The third-order valence-corrected chi connectivity index (χ3v) is 5.72. The fourth-order valence-electron chi connectivity index (χ4n) is 3.47. The van der Waals surface area contributed by atoms with Gasteiger partial charge in [-0.2, -0.15) is 0 Å². The van der Waals surface area contributed by atoms with Crippen LogP contribution in [0.2, 0.25) is 0 Å². The fourth-order valence-corrected chi connectivity index (χ4v) is 3.47. The number of carbonyl (C=O) groups is 5. The van der Waals surface area contributed by atoms with Crippen molar-refractivity contribution in [3.05, 3.63) is 71.8 Å². The zero-order valence-electron chi connectivity index (χ0n) is 23.0. The molecule has 0 bridgehead atoms. The van der Waals surface area contributed by atoms with Crippen LogP contribution in [0.3, 0.4) is 0 Å². The second-order valence-electron chi connectivity index (χ2n) is 9.19. The normalized spacial score (nSPS) is 13.6. The number of nitrogens with one attached hydrogen (secondary N) is 4. The van der Waals surface area contributed by atoms with Gasteiger partial charge in [0.2, 0.25) is 29.5 Å². The first-order valence-electron chi connectivity index (χ1n) is 12.9. The standard InChI is InChI=1S/C28H37N5O8/c1-18(25(29)36)30-26(37)22(13-34)32-28(39)24(17-41-15-21-11-7-4-8-12-21)33-27(38)23(31-19(2)35)16-40-14-20-9-5-3-6-10-20/h3-12,18,22-24,34H,13-17H2,1-2H3,(H2,29,36)(H,30,37)(H,31,35)(H,32,39)(H,33,38)/t18-,22-,23-,24-/m0/s1. The largest absolute Gasteiger partial charge is 0.394 e. The SMILES string of the molecule is CC(=O)N[C@@H](COCc1ccccc1)C(=O)N[C@@H](COCc1ccccc1)C(=O)N[C@@H](CO)C(=O)N[C@@H](C)C(N)=O. The van der Waals surface area contributed by atoms with Gasteiger partial charge in [0.15, 0.2) is 0 Å². The minimum Gasteiger partial charge on any atom is -0.394 e. The van der Waals surface area contributed by atoms with Crippen molar-refractivity contribution in [2.24, 2.45) is 5.73 Å². The molecule has 7 N–H and O–H groups in total. The molecule has 4 atom stereocenters. The summed E-state index contributed by atoms with van der Waals surface area (Å²) in [6.45, 7) is 1.60. The van der Waals surface area contributed by atoms with Crippen LogP contribution in [0.1, 0.15) is 25.0 Å². The number of ether oxygens (including phenoxy) is 2. The van der Waals surface area contributed by atoms with Crippen molar-refractivity contribution in [2.75, 3.05) is 19.8 Å². The molecule has 0 aromatic heterocycles. The second kappa shape index (κ2) is 17.4. The first-order chi connectivity index (χ1) is 19.6. The van der Waals surface area contributed by atoms with Crippen molar-refractivity contribution in [3.8, 4) is 0 Å². The third kappa shape index (κ3) is 12.2. The van der Waals surface area contributed by atoms with Crippen molar-refractivity contribution in [1.29, 1.82) is 0 Å². The van der Waals surface area contributed by atoms with E-state index in [0.29, 0.717) is 0 Å². The summed E-state index contributed by atoms with van der Waals surface area (Å²) >= 11 is 0. The lowest BCUT2D eigenvalue weighted by Crippen LogP contribution is -2.60. The molecule has 0 radical (unpaired) electrons. The van der Waals surface area contributed by atoms with Gasteiger partial charge in [-0.25, -0.2) is 0 Å². The molecule has 222 valence electrons. The summed E-state index contributed by atoms with van der Waals surface area (Å²) in [7, 11) is 0. The molecule has 0 heterocycles. The van der Waals surface area contributed by atoms with E-state index in [9.17, 15) is 29.1 Å². The van der Waals surface area contributed by atoms with Crippen LogP contribution in [-0.2, 0) is 46.7 Å². The zero-order valence-corrected chi connectivity index (χ0v) is 23.0. The van der Waals surface area contributed by atoms with E-state index in [1.165, 1.54) is 13.8 Å². The molecule has 0 spiro atoms. The summed E-state index contributed by atoms with van der Waals surface area (Å²) in [6.07, 6.45) is 0. The van der Waals surface area contributed by atoms with Crippen molar-refractivity contribution in [2.45, 2.75) is 51.2 Å². The highest BCUT2D eigenvalue weighted by molar-refractivity contribution is 5.95. The maximum Gasteiger partial charge on any atom is 0.245 e. The number of nitrogens with two attached hydrogens (primary N) is 1. The number of carbonyl (C=O) groups excluding carboxylic acids is 5. The highest BCUT2D eigenvalue weighted by Gasteiger charge is 2.30. The average Bonchev–Trinajstić information content (AvgIpc) is 2.95. The van der Waals surface area contributed by atoms with Gasteiger partial charge in [-0.3, -0.25) is 24.0 Å². The van der Waals surface area contributed by atoms with Crippen molar-refractivity contribution < 1.29 is 38.6 Å². The molecule has 0 unspecified atom stereocenters. The number of hydrogen-bond acceptors (Lipinski definition) is 8. The molecule has 0 aliphatic heterocycles. The van der Waals surface area contributed by atoms with Crippen LogP contribution in [0.25, 0.3) is 0 Å². The average molecular weight is 572 g/mol. The molecule has 0 saturated heterocycles. The Kier molecular flexibility index (Phi) is 13.9. The predicted molar refractivity (Wildman–Crippen MR) is 148 cm³/mol. The topological polar surface area (TPSA) is 198 Å². The van der Waals surface area contributed by atoms with E-state index < -0.39 is 60.3 Å². The van der Waals surface area contributed by atoms with Gasteiger partial charge in [-0.1, -0.05) is 60.7 Å². The summed E-state index contributed by atoms with van der Waals surface area (Å²) in [4.78, 5) is 61.8. The van der Waals surface area contributed by atoms with Gasteiger partial charge in [0.25, 0.3) is 0 Å². The van der Waals surface area contributed by atoms with E-state index in [1.807, 2.05) is 60.7 Å². The summed E-state index contributed by atoms with van der Waals surface area (Å²) < 4.78 is 11.3. The summed E-state index contributed by atoms with van der Waals surface area (Å²) in [5, 5.41) is 19.3. The molecule has 2 rings (SSSR count). The maximum atomic E-state index is 13.2. The van der Waals surface area contributed by atoms with E-state index in [0.717, 1.165) is 11.1 Å². The van der Waals surface area contributed by atoms with E-state index in [-0.39, 0.29) is 26.4 Å². The Hall–Kier alpha value is -4.33. The minimum atomic E-state index is -1.45. The summed E-state index contributed by atoms with van der Waals surface area (Å²) in [5.74, 6) is -3.73. The van der Waals surface area contributed by atoms with Crippen LogP contribution >= 0.6 is 0 Å². The molecule has 0 aliphatic rings. The van der Waals surface area contributed by atoms with Gasteiger partial charge in [0.05, 0.1) is 33.0 Å². The lowest BCUT2D eigenvalue weighted by molar-refractivity contribution is -0.136. The molecule has 0 aliphatic carbocycles. The van der Waals surface area contributed by atoms with Gasteiger partial charge in [-0.05, 0) is 18.1 Å². The molecular weight excluding hydrogens is 534 g/mol. The quantitative estimate of drug-likeness (QED) is 0.137. The van der Waals surface area contributed by atoms with Crippen molar-refractivity contribution in [1.82, 2.24) is 21.3 Å². The smallest absolute Gasteiger partial charge is 0.245 e. The molecule has 2 aromatic carbocycles. The Bertz CT molecular complexity index is 1150. The van der Waals surface area contributed by atoms with Crippen LogP contribution in [0.15, 0.2) is 60.7 Å². The first-order valence-corrected chi connectivity index (χ1v) is 12.9. The summed E-state index contributed by atoms with van der Waals surface area (Å²) in [5.41, 5.74) is 6.83. The number of aliphatic hydroxyl groups excluding tert-OH is 1. The number of amides is 5. The summed E-state index contributed by atoms with van der Waals surface area (Å²) in [6, 6.07) is 13.3. The highest BCUT2D eigenvalue weighted by atomic mass is 16.5. The maximum absolute atomic E-state index is 13.2. The molecule has 5 amide bonds. The molecule has 41 heavy (non-hydrogen) atoms. The van der Waals surface area contributed by atoms with Gasteiger partial charge in [0.1, 0.15) is 24.2 Å². The lowest BCUT2D eigenvalue weighted by Gasteiger charge is -2.25. The Morgan fingerprint density at radius 3 is 1.54 bits per heavy atom. The monoisotopic (exact) mass is 571 g/mol. The molecule has 0 fully saturated rings. The van der Waals surface area contributed by atoms with E-state index in [1.54, 1.807) is 0 Å². The Balaban J connectivity index is 2.12. The Morgan fingerprint density at radius 2 is 1.12 bits per heavy atom. The predicted octanol–water partition coefficient (Wildman–Crippen LogP) is -1.12. The van der Waals surface area contributed by atoms with Crippen LogP contribution in [0, 0.1) is 0 Å². The van der Waals surface area contributed by atoms with Crippen LogP contribution in [0.4, 0.5) is 0 Å². The van der Waals surface area contributed by atoms with Gasteiger partial charge in [-0.15, -0.1) is 0 Å². The van der Waals surface area contributed by atoms with Crippen molar-refractivity contribution >= 4 is 29.5 Å². The number of hydrogen-bond donors (Lipinski definition) is 6. The van der Waals surface area contributed by atoms with Crippen molar-refractivity contribution in [3.63, 3.8) is 0 Å². The van der Waals surface area contributed by atoms with E-state index in [4.69, 9.17) is 15.2 Å². The van der Waals surface area contributed by atoms with E-state index in [2.05, 4.69) is 21.3 Å². The Morgan fingerprint density at radius 1 is 0.707 bits per heavy atom. The zero-order chi connectivity index (χ0) is 30.2. The number of rotatable bonds is 17. The molecule has 2 aromatic rings. The Labute approximate surface area is 238 Å². The van der Waals surface area contributed by atoms with E-state index >= 15 is 0 Å². The number of aliphatic hydroxyl groups is 1. The second-order valence-corrected chi connectivity index (χ2v) is 9.19. The van der Waals surface area contributed by atoms with Crippen LogP contribution < -0.4 is 27.0 Å². The van der Waals surface area contributed by atoms with Gasteiger partial charge < -0.3 is 41.6 Å². The van der Waals surface area contributed by atoms with Crippen LogP contribution in [-0.4, -0.2) is 78.6 Å². The lowest BCUT2D eigenvalue weighted by atomic mass is 10.2. The highest BCUT2D eigenvalue weighted by Crippen LogP contribution is 2.04. The first kappa shape index (κ1) is 32.9. The minimum absolute atomic E-state index is 0.121. The van der Waals surface area contributed by atoms with Gasteiger partial charge >= 0.3 is 0 Å². The molecular formula is C28H37N5O8. The van der Waals surface area contributed by atoms with Crippen LogP contribution in [0.5, 0.6) is 0 Å². The molecule has 13 heteroatoms.